The van der Waals surface area contributed by atoms with Gasteiger partial charge in [0, 0.05) is 6.54 Å². The molecule has 3 N–H and O–H groups in total. The predicted molar refractivity (Wildman–Crippen MR) is 86.0 cm³/mol. The minimum Gasteiger partial charge on any atom is -0.481 e. The van der Waals surface area contributed by atoms with Crippen LogP contribution in [0.2, 0.25) is 0 Å². The fourth-order valence-electron chi connectivity index (χ4n) is 2.99. The van der Waals surface area contributed by atoms with Crippen molar-refractivity contribution in [2.24, 2.45) is 5.92 Å². The highest BCUT2D eigenvalue weighted by atomic mass is 16.5. The Kier molecular flexibility index (Phi) is 5.98. The highest BCUT2D eigenvalue weighted by Gasteiger charge is 2.38. The van der Waals surface area contributed by atoms with Crippen LogP contribution in [-0.2, 0) is 16.1 Å². The van der Waals surface area contributed by atoms with Crippen LogP contribution in [0.1, 0.15) is 31.7 Å². The molecule has 0 aromatic heterocycles. The van der Waals surface area contributed by atoms with Crippen molar-refractivity contribution in [3.63, 3.8) is 0 Å². The van der Waals surface area contributed by atoms with E-state index in [9.17, 15) is 14.7 Å². The Hall–Kier alpha value is -2.08. The van der Waals surface area contributed by atoms with Crippen molar-refractivity contribution < 1.29 is 19.4 Å². The summed E-state index contributed by atoms with van der Waals surface area (Å²) in [6, 6.07) is 9.38. The number of nitrogens with one attached hydrogen (secondary N) is 2. The summed E-state index contributed by atoms with van der Waals surface area (Å²) in [6.07, 6.45) is 1.15. The first-order valence-electron chi connectivity index (χ1n) is 7.91. The highest BCUT2D eigenvalue weighted by molar-refractivity contribution is 5.72. The summed E-state index contributed by atoms with van der Waals surface area (Å²) in [5.41, 5.74) is 0.0643. The van der Waals surface area contributed by atoms with Crippen molar-refractivity contribution in [3.8, 4) is 0 Å². The van der Waals surface area contributed by atoms with Gasteiger partial charge in [-0.3, -0.25) is 4.79 Å². The molecule has 1 aliphatic rings. The summed E-state index contributed by atoms with van der Waals surface area (Å²) in [4.78, 5) is 23.3. The monoisotopic (exact) mass is 320 g/mol. The maximum atomic E-state index is 12.1. The molecule has 1 aliphatic heterocycles. The van der Waals surface area contributed by atoms with Gasteiger partial charge in [-0.1, -0.05) is 30.3 Å². The van der Waals surface area contributed by atoms with Crippen molar-refractivity contribution in [2.75, 3.05) is 13.1 Å². The largest absolute Gasteiger partial charge is 0.481 e. The molecule has 1 aromatic rings. The van der Waals surface area contributed by atoms with Crippen LogP contribution in [0.5, 0.6) is 0 Å². The van der Waals surface area contributed by atoms with E-state index in [0.29, 0.717) is 6.54 Å². The lowest BCUT2D eigenvalue weighted by atomic mass is 9.78. The fraction of sp³-hybridized carbons (Fsp3) is 0.529. The van der Waals surface area contributed by atoms with Crippen LogP contribution < -0.4 is 10.6 Å². The molecular weight excluding hydrogens is 296 g/mol. The van der Waals surface area contributed by atoms with Gasteiger partial charge in [0.2, 0.25) is 0 Å². The van der Waals surface area contributed by atoms with Gasteiger partial charge in [-0.15, -0.1) is 0 Å². The van der Waals surface area contributed by atoms with Crippen LogP contribution in [0.3, 0.4) is 0 Å². The molecule has 1 saturated heterocycles. The quantitative estimate of drug-likeness (QED) is 0.747. The van der Waals surface area contributed by atoms with Crippen LogP contribution in [0.25, 0.3) is 0 Å². The molecule has 1 amide bonds. The number of piperidine rings is 1. The number of hydrogen-bond acceptors (Lipinski definition) is 4. The molecule has 0 saturated carbocycles. The first kappa shape index (κ1) is 17.3. The molecule has 0 spiro atoms. The minimum atomic E-state index is -0.929. The van der Waals surface area contributed by atoms with E-state index in [1.165, 1.54) is 0 Å². The number of aliphatic carboxylic acids is 1. The Balaban J connectivity index is 1.95. The number of carboxylic acid groups (broad SMARTS) is 1. The van der Waals surface area contributed by atoms with Gasteiger partial charge in [0.1, 0.15) is 6.61 Å². The van der Waals surface area contributed by atoms with Crippen molar-refractivity contribution in [3.05, 3.63) is 35.9 Å². The number of carbonyl (C=O) groups excluding carboxylic acids is 1. The predicted octanol–water partition coefficient (Wildman–Crippen LogP) is 2.15. The van der Waals surface area contributed by atoms with Gasteiger partial charge < -0.3 is 20.5 Å². The molecule has 2 rings (SSSR count). The first-order valence-corrected chi connectivity index (χ1v) is 7.91. The summed E-state index contributed by atoms with van der Waals surface area (Å²) < 4.78 is 5.23. The van der Waals surface area contributed by atoms with Gasteiger partial charge in [-0.2, -0.15) is 0 Å². The van der Waals surface area contributed by atoms with Gasteiger partial charge in [0.25, 0.3) is 0 Å². The summed E-state index contributed by atoms with van der Waals surface area (Å²) in [6.45, 7) is 3.57. The molecular formula is C17H24N2O4. The lowest BCUT2D eigenvalue weighted by Gasteiger charge is -2.39. The Labute approximate surface area is 136 Å². The Bertz CT molecular complexity index is 529. The molecule has 1 heterocycles. The normalized spacial score (nSPS) is 20.3. The summed E-state index contributed by atoms with van der Waals surface area (Å²) in [7, 11) is 0. The Morgan fingerprint density at radius 3 is 2.74 bits per heavy atom. The first-order chi connectivity index (χ1) is 11.0. The molecule has 126 valence electrons. The van der Waals surface area contributed by atoms with Gasteiger partial charge in [-0.25, -0.2) is 4.79 Å². The summed E-state index contributed by atoms with van der Waals surface area (Å²) in [5.74, 6) is -0.863. The Morgan fingerprint density at radius 2 is 2.13 bits per heavy atom. The van der Waals surface area contributed by atoms with Crippen molar-refractivity contribution in [1.29, 1.82) is 0 Å². The average Bonchev–Trinajstić information content (AvgIpc) is 2.54. The van der Waals surface area contributed by atoms with E-state index in [0.717, 1.165) is 24.9 Å². The van der Waals surface area contributed by atoms with E-state index in [-0.39, 0.29) is 18.9 Å². The smallest absolute Gasteiger partial charge is 0.407 e. The number of benzene rings is 1. The topological polar surface area (TPSA) is 87.7 Å². The second kappa shape index (κ2) is 7.97. The SMILES string of the molecule is CC(CC(=O)O)(NC(=O)OCc1ccccc1)C1CCCNC1. The molecule has 2 unspecified atom stereocenters. The molecule has 1 fully saturated rings. The summed E-state index contributed by atoms with van der Waals surface area (Å²) >= 11 is 0. The third-order valence-electron chi connectivity index (χ3n) is 4.32. The number of carbonyl (C=O) groups is 2. The zero-order chi connectivity index (χ0) is 16.7. The van der Waals surface area contributed by atoms with Gasteiger partial charge in [0.05, 0.1) is 12.0 Å². The van der Waals surface area contributed by atoms with E-state index in [1.54, 1.807) is 6.92 Å². The van der Waals surface area contributed by atoms with E-state index in [1.807, 2.05) is 30.3 Å². The lowest BCUT2D eigenvalue weighted by molar-refractivity contribution is -0.139. The number of rotatable bonds is 6. The van der Waals surface area contributed by atoms with E-state index < -0.39 is 17.6 Å². The number of alkyl carbamates (subject to hydrolysis) is 1. The summed E-state index contributed by atoms with van der Waals surface area (Å²) in [5, 5.41) is 15.2. The highest BCUT2D eigenvalue weighted by Crippen LogP contribution is 2.27. The van der Waals surface area contributed by atoms with E-state index >= 15 is 0 Å². The Morgan fingerprint density at radius 1 is 1.39 bits per heavy atom. The molecule has 6 nitrogen and oxygen atoms in total. The molecule has 2 atom stereocenters. The van der Waals surface area contributed by atoms with Gasteiger partial charge >= 0.3 is 12.1 Å². The standard InChI is InChI=1S/C17H24N2O4/c1-17(10-15(20)21,14-8-5-9-18-11-14)19-16(22)23-12-13-6-3-2-4-7-13/h2-4,6-7,14,18H,5,8-12H2,1H3,(H,19,22)(H,20,21). The molecule has 1 aromatic carbocycles. The van der Waals surface area contributed by atoms with Crippen LogP contribution in [-0.4, -0.2) is 35.8 Å². The van der Waals surface area contributed by atoms with Gasteiger partial charge in [0.15, 0.2) is 0 Å². The van der Waals surface area contributed by atoms with Crippen LogP contribution in [0.4, 0.5) is 4.79 Å². The second-order valence-corrected chi connectivity index (χ2v) is 6.22. The van der Waals surface area contributed by atoms with Crippen LogP contribution >= 0.6 is 0 Å². The third-order valence-corrected chi connectivity index (χ3v) is 4.32. The number of amides is 1. The lowest BCUT2D eigenvalue weighted by Crippen LogP contribution is -2.56. The minimum absolute atomic E-state index is 0.0663. The molecule has 0 bridgehead atoms. The second-order valence-electron chi connectivity index (χ2n) is 6.22. The van der Waals surface area contributed by atoms with Crippen LogP contribution in [0.15, 0.2) is 30.3 Å². The van der Waals surface area contributed by atoms with Crippen molar-refractivity contribution in [2.45, 2.75) is 38.3 Å². The van der Waals surface area contributed by atoms with E-state index in [2.05, 4.69) is 10.6 Å². The maximum Gasteiger partial charge on any atom is 0.407 e. The maximum absolute atomic E-state index is 12.1. The number of ether oxygens (including phenoxy) is 1. The fourth-order valence-corrected chi connectivity index (χ4v) is 2.99. The van der Waals surface area contributed by atoms with Crippen molar-refractivity contribution in [1.82, 2.24) is 10.6 Å². The van der Waals surface area contributed by atoms with Crippen molar-refractivity contribution >= 4 is 12.1 Å². The van der Waals surface area contributed by atoms with Crippen LogP contribution in [0, 0.1) is 5.92 Å². The molecule has 0 radical (unpaired) electrons. The zero-order valence-electron chi connectivity index (χ0n) is 13.4. The average molecular weight is 320 g/mol. The van der Waals surface area contributed by atoms with E-state index in [4.69, 9.17) is 4.74 Å². The molecule has 23 heavy (non-hydrogen) atoms. The zero-order valence-corrected chi connectivity index (χ0v) is 13.4. The molecule has 0 aliphatic carbocycles. The molecule has 6 heteroatoms. The number of carboxylic acids is 1. The third kappa shape index (κ3) is 5.25. The number of hydrogen-bond donors (Lipinski definition) is 3. The van der Waals surface area contributed by atoms with Gasteiger partial charge in [-0.05, 0) is 37.8 Å².